The molecule has 13 heteroatoms. The Balaban J connectivity index is 0.000000892. The van der Waals surface area contributed by atoms with Crippen LogP contribution in [-0.4, -0.2) is 38.3 Å². The van der Waals surface area contributed by atoms with Crippen molar-refractivity contribution in [1.82, 2.24) is 4.98 Å². The number of ether oxygens (including phenoxy) is 2. The standard InChI is InChI=1S/C25H21ClF4N2O4S.C4H8O/c1-3-35-24-22(13-17(14-31-24)25(28,29)30)37(33,34)32-9-10-36-21-8-7-16(12-20(21)32)11-15(2)23-18(26)5-4-6-19(23)27;1-3-4(2)5/h4-8,11-14H,3,9-10H2,1-2H3;5H,2-3H2,1H3/b15-11+;. The average molecular weight is 629 g/mol. The van der Waals surface area contributed by atoms with E-state index >= 15 is 0 Å². The minimum atomic E-state index is -4.81. The van der Waals surface area contributed by atoms with E-state index in [-0.39, 0.29) is 47.5 Å². The maximum Gasteiger partial charge on any atom is 0.417 e. The lowest BCUT2D eigenvalue weighted by Gasteiger charge is -2.31. The Kier molecular flexibility index (Phi) is 10.5. The first-order valence-corrected chi connectivity index (χ1v) is 14.5. The Bertz CT molecular complexity index is 1570. The smallest absolute Gasteiger partial charge is 0.417 e. The lowest BCUT2D eigenvalue weighted by molar-refractivity contribution is -0.138. The molecule has 0 unspecified atom stereocenters. The average Bonchev–Trinajstić information content (AvgIpc) is 2.92. The molecule has 1 aliphatic rings. The third-order valence-corrected chi connectivity index (χ3v) is 8.07. The summed E-state index contributed by atoms with van der Waals surface area (Å²) in [6, 6.07) is 9.48. The number of hydrogen-bond acceptors (Lipinski definition) is 6. The maximum atomic E-state index is 14.4. The first-order chi connectivity index (χ1) is 19.7. The molecule has 2 aromatic carbocycles. The maximum absolute atomic E-state index is 14.4. The van der Waals surface area contributed by atoms with Gasteiger partial charge in [0.05, 0.1) is 35.2 Å². The Morgan fingerprint density at radius 3 is 2.52 bits per heavy atom. The SMILES string of the molecule is C=C(O)CC.CCOc1ncc(C(F)(F)F)cc1S(=O)(=O)N1CCOc2ccc(/C=C(\C)c3c(F)cccc3Cl)cc21. The summed E-state index contributed by atoms with van der Waals surface area (Å²) in [6.07, 6.45) is -2.01. The quantitative estimate of drug-likeness (QED) is 0.163. The summed E-state index contributed by atoms with van der Waals surface area (Å²) in [5, 5.41) is 8.37. The van der Waals surface area contributed by atoms with Gasteiger partial charge in [0, 0.05) is 18.2 Å². The molecule has 1 aromatic heterocycles. The van der Waals surface area contributed by atoms with Gasteiger partial charge in [-0.1, -0.05) is 43.3 Å². The highest BCUT2D eigenvalue weighted by Gasteiger charge is 2.37. The Morgan fingerprint density at radius 2 is 1.93 bits per heavy atom. The molecule has 0 saturated carbocycles. The van der Waals surface area contributed by atoms with Crippen molar-refractivity contribution < 1.29 is 40.6 Å². The lowest BCUT2D eigenvalue weighted by Crippen LogP contribution is -2.38. The van der Waals surface area contributed by atoms with E-state index in [0.29, 0.717) is 29.8 Å². The molecule has 0 bridgehead atoms. The van der Waals surface area contributed by atoms with Gasteiger partial charge in [0.25, 0.3) is 10.0 Å². The molecule has 3 aromatic rings. The van der Waals surface area contributed by atoms with Crippen molar-refractivity contribution >= 4 is 39.0 Å². The minimum absolute atomic E-state index is 0.00654. The zero-order valence-corrected chi connectivity index (χ0v) is 24.6. The first kappa shape index (κ1) is 32.7. The van der Waals surface area contributed by atoms with Crippen molar-refractivity contribution in [3.05, 3.63) is 88.5 Å². The molecule has 0 aliphatic carbocycles. The van der Waals surface area contributed by atoms with Gasteiger partial charge in [-0.2, -0.15) is 13.2 Å². The fourth-order valence-electron chi connectivity index (χ4n) is 3.88. The number of nitrogens with zero attached hydrogens (tertiary/aromatic N) is 2. The second-order valence-corrected chi connectivity index (χ2v) is 11.2. The van der Waals surface area contributed by atoms with Gasteiger partial charge in [-0.15, -0.1) is 0 Å². The third kappa shape index (κ3) is 7.54. The van der Waals surface area contributed by atoms with E-state index in [1.165, 1.54) is 24.3 Å². The van der Waals surface area contributed by atoms with E-state index in [9.17, 15) is 26.0 Å². The molecule has 1 N–H and O–H groups in total. The van der Waals surface area contributed by atoms with Crippen LogP contribution in [0.3, 0.4) is 0 Å². The van der Waals surface area contributed by atoms with Gasteiger partial charge in [0.15, 0.2) is 4.90 Å². The molecular formula is C29H29ClF4N2O5S. The molecule has 42 heavy (non-hydrogen) atoms. The number of hydrogen-bond donors (Lipinski definition) is 1. The minimum Gasteiger partial charge on any atom is -0.513 e. The summed E-state index contributed by atoms with van der Waals surface area (Å²) < 4.78 is 93.6. The Hall–Kier alpha value is -3.77. The number of halogens is 5. The van der Waals surface area contributed by atoms with E-state index in [2.05, 4.69) is 11.6 Å². The number of aromatic nitrogens is 1. The number of fused-ring (bicyclic) bond motifs is 1. The van der Waals surface area contributed by atoms with Crippen molar-refractivity contribution in [3.8, 4) is 11.6 Å². The van der Waals surface area contributed by atoms with Gasteiger partial charge in [0.1, 0.15) is 18.2 Å². The van der Waals surface area contributed by atoms with Crippen LogP contribution in [-0.2, 0) is 16.2 Å². The molecule has 7 nitrogen and oxygen atoms in total. The molecule has 4 rings (SSSR count). The normalized spacial score (nSPS) is 13.4. The van der Waals surface area contributed by atoms with Crippen LogP contribution in [0.15, 0.2) is 65.9 Å². The number of benzene rings is 2. The molecule has 1 aliphatic heterocycles. The Morgan fingerprint density at radius 1 is 1.24 bits per heavy atom. The second kappa shape index (κ2) is 13.5. The van der Waals surface area contributed by atoms with Gasteiger partial charge in [-0.05, 0) is 55.3 Å². The molecule has 0 saturated heterocycles. The molecule has 2 heterocycles. The summed E-state index contributed by atoms with van der Waals surface area (Å²) >= 11 is 6.16. The van der Waals surface area contributed by atoms with Gasteiger partial charge < -0.3 is 14.6 Å². The van der Waals surface area contributed by atoms with E-state index in [1.807, 2.05) is 6.92 Å². The van der Waals surface area contributed by atoms with Crippen LogP contribution in [0.4, 0.5) is 23.2 Å². The second-order valence-electron chi connectivity index (χ2n) is 8.95. The predicted octanol–water partition coefficient (Wildman–Crippen LogP) is 7.91. The summed E-state index contributed by atoms with van der Waals surface area (Å²) in [4.78, 5) is 2.91. The number of rotatable bonds is 7. The van der Waals surface area contributed by atoms with E-state index in [4.69, 9.17) is 26.2 Å². The predicted molar refractivity (Wildman–Crippen MR) is 154 cm³/mol. The van der Waals surface area contributed by atoms with Gasteiger partial charge >= 0.3 is 6.18 Å². The molecule has 0 atom stereocenters. The van der Waals surface area contributed by atoms with Gasteiger partial charge in [-0.25, -0.2) is 17.8 Å². The van der Waals surface area contributed by atoms with Crippen molar-refractivity contribution in [2.45, 2.75) is 38.3 Å². The number of anilines is 1. The van der Waals surface area contributed by atoms with E-state index < -0.39 is 38.4 Å². The molecular weight excluding hydrogens is 600 g/mol. The molecule has 0 radical (unpaired) electrons. The van der Waals surface area contributed by atoms with Crippen molar-refractivity contribution in [3.63, 3.8) is 0 Å². The zero-order valence-electron chi connectivity index (χ0n) is 23.0. The number of sulfonamides is 1. The Labute approximate surface area is 246 Å². The summed E-state index contributed by atoms with van der Waals surface area (Å²) in [7, 11) is -4.56. The number of aliphatic hydroxyl groups is 1. The first-order valence-electron chi connectivity index (χ1n) is 12.7. The van der Waals surface area contributed by atoms with Crippen LogP contribution in [0.1, 0.15) is 43.9 Å². The van der Waals surface area contributed by atoms with Gasteiger partial charge in [0.2, 0.25) is 5.88 Å². The molecule has 0 spiro atoms. The number of allylic oxidation sites excluding steroid dienone is 2. The fourth-order valence-corrected chi connectivity index (χ4v) is 5.76. The van der Waals surface area contributed by atoms with Crippen LogP contribution in [0.2, 0.25) is 5.02 Å². The number of alkyl halides is 3. The largest absolute Gasteiger partial charge is 0.513 e. The molecule has 226 valence electrons. The summed E-state index contributed by atoms with van der Waals surface area (Å²) in [6.45, 7) is 8.09. The van der Waals surface area contributed by atoms with Crippen molar-refractivity contribution in [2.24, 2.45) is 0 Å². The van der Waals surface area contributed by atoms with E-state index in [0.717, 1.165) is 4.31 Å². The number of aliphatic hydroxyl groups excluding tert-OH is 1. The highest BCUT2D eigenvalue weighted by atomic mass is 35.5. The topological polar surface area (TPSA) is 89.0 Å². The van der Waals surface area contributed by atoms with Crippen LogP contribution in [0.5, 0.6) is 11.6 Å². The fraction of sp³-hybridized carbons (Fsp3) is 0.276. The van der Waals surface area contributed by atoms with Crippen molar-refractivity contribution in [2.75, 3.05) is 24.1 Å². The van der Waals surface area contributed by atoms with Crippen LogP contribution in [0, 0.1) is 5.82 Å². The van der Waals surface area contributed by atoms with Crippen molar-refractivity contribution in [1.29, 1.82) is 0 Å². The van der Waals surface area contributed by atoms with Crippen LogP contribution >= 0.6 is 11.6 Å². The lowest BCUT2D eigenvalue weighted by atomic mass is 10.0. The zero-order chi connectivity index (χ0) is 31.2. The van der Waals surface area contributed by atoms with E-state index in [1.54, 1.807) is 32.1 Å². The van der Waals surface area contributed by atoms with Crippen LogP contribution in [0.25, 0.3) is 11.6 Å². The van der Waals surface area contributed by atoms with Crippen LogP contribution < -0.4 is 13.8 Å². The summed E-state index contributed by atoms with van der Waals surface area (Å²) in [5.41, 5.74) is 0.0479. The monoisotopic (exact) mass is 628 g/mol. The molecule has 0 fully saturated rings. The highest BCUT2D eigenvalue weighted by molar-refractivity contribution is 7.93. The molecule has 0 amide bonds. The van der Waals surface area contributed by atoms with Gasteiger partial charge in [-0.3, -0.25) is 4.31 Å². The number of pyridine rings is 1. The highest BCUT2D eigenvalue weighted by Crippen LogP contribution is 2.40. The third-order valence-electron chi connectivity index (χ3n) is 5.95. The summed E-state index contributed by atoms with van der Waals surface area (Å²) in [5.74, 6) is -0.492.